The van der Waals surface area contributed by atoms with Gasteiger partial charge in [-0.25, -0.2) is 0 Å². The molecule has 0 amide bonds. The Morgan fingerprint density at radius 3 is 2.74 bits per heavy atom. The van der Waals surface area contributed by atoms with Gasteiger partial charge in [0.05, 0.1) is 28.3 Å². The van der Waals surface area contributed by atoms with Crippen molar-refractivity contribution >= 4 is 39.7 Å². The van der Waals surface area contributed by atoms with Crippen molar-refractivity contribution in [1.29, 1.82) is 0 Å². The second-order valence-corrected chi connectivity index (χ2v) is 8.96. The zero-order chi connectivity index (χ0) is 23.4. The van der Waals surface area contributed by atoms with E-state index < -0.39 is 5.97 Å². The van der Waals surface area contributed by atoms with Crippen LogP contribution in [-0.4, -0.2) is 29.5 Å². The Hall–Kier alpha value is -4.13. The number of anilines is 3. The van der Waals surface area contributed by atoms with Crippen molar-refractivity contribution in [2.75, 3.05) is 16.8 Å². The third-order valence-electron chi connectivity index (χ3n) is 6.87. The summed E-state index contributed by atoms with van der Waals surface area (Å²) in [4.78, 5) is 27.4. The molecule has 0 spiro atoms. The van der Waals surface area contributed by atoms with Crippen molar-refractivity contribution in [2.45, 2.75) is 32.2 Å². The summed E-state index contributed by atoms with van der Waals surface area (Å²) in [5.41, 5.74) is 4.57. The fourth-order valence-corrected chi connectivity index (χ4v) is 5.20. The third kappa shape index (κ3) is 3.08. The Balaban J connectivity index is 1.60. The molecule has 1 saturated heterocycles. The summed E-state index contributed by atoms with van der Waals surface area (Å²) in [6.07, 6.45) is 3.33. The van der Waals surface area contributed by atoms with E-state index in [1.807, 2.05) is 24.3 Å². The Morgan fingerprint density at radius 2 is 1.94 bits per heavy atom. The predicted octanol–water partition coefficient (Wildman–Crippen LogP) is 4.53. The molecule has 7 heteroatoms. The van der Waals surface area contributed by atoms with Crippen LogP contribution >= 0.6 is 0 Å². The van der Waals surface area contributed by atoms with Gasteiger partial charge >= 0.3 is 0 Å². The highest BCUT2D eigenvalue weighted by molar-refractivity contribution is 6.28. The number of carbonyl (C=O) groups is 2. The van der Waals surface area contributed by atoms with Gasteiger partial charge in [-0.15, -0.1) is 0 Å². The van der Waals surface area contributed by atoms with Crippen LogP contribution in [0.15, 0.2) is 59.1 Å². The van der Waals surface area contributed by atoms with Gasteiger partial charge in [-0.2, -0.15) is 0 Å². The minimum atomic E-state index is -1.26. The number of carbonyl (C=O) groups excluding carboxylic acids is 2. The molecule has 0 bridgehead atoms. The van der Waals surface area contributed by atoms with Crippen molar-refractivity contribution in [3.63, 3.8) is 0 Å². The molecule has 2 heterocycles. The summed E-state index contributed by atoms with van der Waals surface area (Å²) < 4.78 is 5.85. The third-order valence-corrected chi connectivity index (χ3v) is 6.87. The highest BCUT2D eigenvalue weighted by atomic mass is 16.5. The van der Waals surface area contributed by atoms with E-state index >= 15 is 0 Å². The number of nitrogens with one attached hydrogen (secondary N) is 1. The smallest absolute Gasteiger partial charge is 0.196 e. The Morgan fingerprint density at radius 1 is 1.12 bits per heavy atom. The molecule has 1 N–H and O–H groups in total. The summed E-state index contributed by atoms with van der Waals surface area (Å²) in [7, 11) is 0. The van der Waals surface area contributed by atoms with Crippen LogP contribution in [0.1, 0.15) is 52.5 Å². The first-order valence-electron chi connectivity index (χ1n) is 11.5. The van der Waals surface area contributed by atoms with Gasteiger partial charge in [0.2, 0.25) is 0 Å². The lowest BCUT2D eigenvalue weighted by Crippen LogP contribution is -2.37. The van der Waals surface area contributed by atoms with E-state index in [4.69, 9.17) is 4.52 Å². The topological polar surface area (TPSA) is 98.5 Å². The van der Waals surface area contributed by atoms with Crippen LogP contribution in [0, 0.1) is 0 Å². The van der Waals surface area contributed by atoms with Crippen molar-refractivity contribution in [3.8, 4) is 11.3 Å². The van der Waals surface area contributed by atoms with Crippen molar-refractivity contribution in [2.24, 2.45) is 0 Å². The van der Waals surface area contributed by atoms with Crippen LogP contribution < -0.4 is 15.3 Å². The number of hydrogen-bond acceptors (Lipinski definition) is 7. The highest BCUT2D eigenvalue weighted by Gasteiger charge is 2.34. The van der Waals surface area contributed by atoms with E-state index in [1.165, 1.54) is 18.6 Å². The largest absolute Gasteiger partial charge is 0.545 e. The summed E-state index contributed by atoms with van der Waals surface area (Å²) in [5, 5.41) is 19.8. The molecular formula is C27H22N3O4-. The van der Waals surface area contributed by atoms with Crippen molar-refractivity contribution in [3.05, 3.63) is 71.3 Å². The zero-order valence-electron chi connectivity index (χ0n) is 18.6. The highest BCUT2D eigenvalue weighted by Crippen LogP contribution is 2.47. The first-order valence-corrected chi connectivity index (χ1v) is 11.5. The number of benzene rings is 3. The molecule has 0 saturated carbocycles. The van der Waals surface area contributed by atoms with Gasteiger partial charge < -0.3 is 24.6 Å². The Labute approximate surface area is 196 Å². The lowest BCUT2D eigenvalue weighted by molar-refractivity contribution is -0.255. The predicted molar refractivity (Wildman–Crippen MR) is 128 cm³/mol. The molecular weight excluding hydrogens is 430 g/mol. The summed E-state index contributed by atoms with van der Waals surface area (Å²) in [6, 6.07) is 16.0. The summed E-state index contributed by atoms with van der Waals surface area (Å²) >= 11 is 0. The average Bonchev–Trinajstić information content (AvgIpc) is 3.29. The van der Waals surface area contributed by atoms with E-state index in [9.17, 15) is 14.7 Å². The van der Waals surface area contributed by atoms with Gasteiger partial charge in [0, 0.05) is 29.4 Å². The minimum Gasteiger partial charge on any atom is -0.545 e. The fourth-order valence-electron chi connectivity index (χ4n) is 5.20. The molecule has 7 nitrogen and oxygen atoms in total. The van der Waals surface area contributed by atoms with Crippen LogP contribution in [0.3, 0.4) is 0 Å². The quantitative estimate of drug-likeness (QED) is 0.428. The van der Waals surface area contributed by atoms with E-state index in [2.05, 4.69) is 22.3 Å². The second-order valence-electron chi connectivity index (χ2n) is 8.96. The Bertz CT molecular complexity index is 1470. The molecule has 4 aromatic rings. The van der Waals surface area contributed by atoms with Gasteiger partial charge in [-0.05, 0) is 49.9 Å². The van der Waals surface area contributed by atoms with Crippen LogP contribution in [0.25, 0.3) is 22.2 Å². The molecule has 1 aliphatic heterocycles. The van der Waals surface area contributed by atoms with E-state index in [0.29, 0.717) is 45.2 Å². The van der Waals surface area contributed by atoms with E-state index in [0.717, 1.165) is 30.6 Å². The monoisotopic (exact) mass is 452 g/mol. The van der Waals surface area contributed by atoms with Gasteiger partial charge in [0.1, 0.15) is 5.52 Å². The molecule has 1 aromatic heterocycles. The van der Waals surface area contributed by atoms with E-state index in [-0.39, 0.29) is 11.3 Å². The number of aromatic nitrogens is 1. The number of rotatable bonds is 4. The number of carboxylic acid groups (broad SMARTS) is 1. The van der Waals surface area contributed by atoms with Crippen LogP contribution in [0.2, 0.25) is 0 Å². The molecule has 1 unspecified atom stereocenters. The first kappa shape index (κ1) is 20.5. The zero-order valence-corrected chi connectivity index (χ0v) is 18.6. The molecule has 3 aromatic carbocycles. The fraction of sp³-hybridized carbons (Fsp3) is 0.222. The van der Waals surface area contributed by atoms with Gasteiger partial charge in [-0.1, -0.05) is 41.6 Å². The number of hydrogen-bond donors (Lipinski definition) is 1. The minimum absolute atomic E-state index is 0.0620. The number of carboxylic acids is 1. The average molecular weight is 452 g/mol. The maximum absolute atomic E-state index is 13.7. The van der Waals surface area contributed by atoms with Crippen LogP contribution in [-0.2, 0) is 0 Å². The van der Waals surface area contributed by atoms with Gasteiger partial charge in [0.15, 0.2) is 11.5 Å². The standard InChI is InChI=1S/C27H23N3O4/c1-15-7-4-5-12-30(15)21-14-20(28-17-9-6-8-16(13-17)27(32)33)22-23-24(21)29-34-26(23)19-11-3-2-10-18(19)25(22)31/h2-3,6,8-11,13-15,28H,4-5,7,12H2,1H3,(H,32,33)/p-1. The molecule has 1 atom stereocenters. The SMILES string of the molecule is CC1CCCCN1c1cc(Nc2cccc(C(=O)[O-])c2)c2c3c(onc13)-c1ccccc1C2=O. The number of fused-ring (bicyclic) bond motifs is 2. The maximum Gasteiger partial charge on any atom is 0.196 e. The Kier molecular flexibility index (Phi) is 4.65. The molecule has 1 aliphatic carbocycles. The second kappa shape index (κ2) is 7.73. The number of ketones is 1. The molecule has 170 valence electrons. The van der Waals surface area contributed by atoms with Gasteiger partial charge in [-0.3, -0.25) is 4.79 Å². The summed E-state index contributed by atoms with van der Waals surface area (Å²) in [5.74, 6) is -0.791. The van der Waals surface area contributed by atoms with E-state index in [1.54, 1.807) is 18.2 Å². The lowest BCUT2D eigenvalue weighted by Gasteiger charge is -2.36. The molecule has 0 radical (unpaired) electrons. The van der Waals surface area contributed by atoms with Crippen LogP contribution in [0.5, 0.6) is 0 Å². The normalized spacial score (nSPS) is 17.0. The molecule has 6 rings (SSSR count). The number of nitrogens with zero attached hydrogens (tertiary/aromatic N) is 2. The van der Waals surface area contributed by atoms with Crippen molar-refractivity contribution in [1.82, 2.24) is 5.16 Å². The number of aromatic carboxylic acids is 1. The lowest BCUT2D eigenvalue weighted by atomic mass is 9.86. The molecule has 1 fully saturated rings. The first-order chi connectivity index (χ1) is 16.5. The molecule has 2 aliphatic rings. The number of piperidine rings is 1. The van der Waals surface area contributed by atoms with Crippen molar-refractivity contribution < 1.29 is 19.2 Å². The van der Waals surface area contributed by atoms with Crippen LogP contribution in [0.4, 0.5) is 17.1 Å². The van der Waals surface area contributed by atoms with Gasteiger partial charge in [0.25, 0.3) is 0 Å². The maximum atomic E-state index is 13.7. The summed E-state index contributed by atoms with van der Waals surface area (Å²) in [6.45, 7) is 3.09. The molecule has 34 heavy (non-hydrogen) atoms.